The Morgan fingerprint density at radius 2 is 1.65 bits per heavy atom. The molecule has 1 saturated carbocycles. The fourth-order valence-corrected chi connectivity index (χ4v) is 6.00. The molecular formula is C13H15ClF3NO6S2. The van der Waals surface area contributed by atoms with Crippen molar-refractivity contribution in [2.24, 2.45) is 0 Å². The predicted molar refractivity (Wildman–Crippen MR) is 86.6 cm³/mol. The lowest BCUT2D eigenvalue weighted by atomic mass is 10.4. The number of benzene rings is 1. The number of sulfonamides is 2. The van der Waals surface area contributed by atoms with Crippen LogP contribution < -0.4 is 4.13 Å². The summed E-state index contributed by atoms with van der Waals surface area (Å²) in [5.74, 6) is -2.76. The lowest BCUT2D eigenvalue weighted by Crippen LogP contribution is -2.37. The molecule has 1 fully saturated rings. The maximum atomic E-state index is 12.0. The molecule has 2 N–H and O–H groups in total. The van der Waals surface area contributed by atoms with Gasteiger partial charge in [-0.3, -0.25) is 0 Å². The van der Waals surface area contributed by atoms with Crippen LogP contribution in [-0.4, -0.2) is 39.3 Å². The summed E-state index contributed by atoms with van der Waals surface area (Å²) in [4.78, 5) is 8.74. The lowest BCUT2D eigenvalue weighted by molar-refractivity contribution is -0.192. The molecule has 0 radical (unpaired) electrons. The number of nitrogens with one attached hydrogen (secondary N) is 1. The van der Waals surface area contributed by atoms with Crippen LogP contribution in [0.3, 0.4) is 0 Å². The van der Waals surface area contributed by atoms with Crippen molar-refractivity contribution in [1.29, 1.82) is 0 Å². The normalized spacial score (nSPS) is 16.0. The van der Waals surface area contributed by atoms with Crippen molar-refractivity contribution in [3.05, 3.63) is 29.3 Å². The minimum atomic E-state index is -5.08. The first-order valence-corrected chi connectivity index (χ1v) is 10.5. The van der Waals surface area contributed by atoms with E-state index in [0.29, 0.717) is 12.8 Å². The SMILES string of the molecule is O=C(O)C(F)(F)F.O=S(=O)(NS(=O)(=O)C1CCCC1)c1cccc(Cl)c1. The maximum absolute atomic E-state index is 12.0. The zero-order chi connectivity index (χ0) is 20.2. The van der Waals surface area contributed by atoms with Crippen LogP contribution in [0.2, 0.25) is 5.02 Å². The summed E-state index contributed by atoms with van der Waals surface area (Å²) in [6, 6.07) is 5.50. The van der Waals surface area contributed by atoms with Gasteiger partial charge >= 0.3 is 12.1 Å². The van der Waals surface area contributed by atoms with Gasteiger partial charge in [0.1, 0.15) is 0 Å². The van der Waals surface area contributed by atoms with Gasteiger partial charge in [-0.25, -0.2) is 21.6 Å². The summed E-state index contributed by atoms with van der Waals surface area (Å²) in [6.45, 7) is 0. The molecule has 26 heavy (non-hydrogen) atoms. The molecule has 1 aromatic rings. The Kier molecular flexibility index (Phi) is 7.45. The van der Waals surface area contributed by atoms with E-state index < -0.39 is 37.4 Å². The van der Waals surface area contributed by atoms with E-state index in [4.69, 9.17) is 21.5 Å². The molecule has 2 rings (SSSR count). The van der Waals surface area contributed by atoms with Crippen LogP contribution in [0, 0.1) is 0 Å². The molecule has 0 amide bonds. The average molecular weight is 438 g/mol. The summed E-state index contributed by atoms with van der Waals surface area (Å²) in [6.07, 6.45) is -2.47. The second-order valence-corrected chi connectivity index (χ2v) is 9.64. The van der Waals surface area contributed by atoms with Crippen LogP contribution in [0.5, 0.6) is 0 Å². The zero-order valence-corrected chi connectivity index (χ0v) is 15.4. The standard InChI is InChI=1S/C11H14ClNO4S2.C2HF3O2/c12-9-4-3-7-11(8-9)19(16,17)13-18(14,15)10-5-1-2-6-10;3-2(4,5)1(6)7/h3-4,7-8,10,13H,1-2,5-6H2;(H,6,7). The van der Waals surface area contributed by atoms with Crippen molar-refractivity contribution >= 4 is 37.6 Å². The first-order chi connectivity index (χ1) is 11.8. The molecule has 0 aliphatic heterocycles. The Bertz CT molecular complexity index is 849. The Hall–Kier alpha value is -1.37. The number of hydrogen-bond donors (Lipinski definition) is 2. The second-order valence-electron chi connectivity index (χ2n) is 5.30. The highest BCUT2D eigenvalue weighted by molar-refractivity contribution is 8.05. The van der Waals surface area contributed by atoms with Gasteiger partial charge in [-0.1, -0.05) is 30.5 Å². The van der Waals surface area contributed by atoms with E-state index >= 15 is 0 Å². The number of carboxylic acid groups (broad SMARTS) is 1. The predicted octanol–water partition coefficient (Wildman–Crippen LogP) is 2.52. The van der Waals surface area contributed by atoms with Crippen LogP contribution in [0.25, 0.3) is 0 Å². The third-order valence-electron chi connectivity index (χ3n) is 3.32. The molecule has 0 heterocycles. The van der Waals surface area contributed by atoms with Gasteiger partial charge in [0.2, 0.25) is 10.0 Å². The number of rotatable bonds is 4. The molecular weight excluding hydrogens is 423 g/mol. The Morgan fingerprint density at radius 3 is 2.08 bits per heavy atom. The number of halogens is 4. The van der Waals surface area contributed by atoms with E-state index in [1.165, 1.54) is 24.3 Å². The zero-order valence-electron chi connectivity index (χ0n) is 13.0. The topological polar surface area (TPSA) is 118 Å². The number of aliphatic carboxylic acids is 1. The summed E-state index contributed by atoms with van der Waals surface area (Å²) in [5.41, 5.74) is 0. The van der Waals surface area contributed by atoms with Gasteiger partial charge in [0, 0.05) is 5.02 Å². The third kappa shape index (κ3) is 6.74. The smallest absolute Gasteiger partial charge is 0.475 e. The van der Waals surface area contributed by atoms with E-state index in [9.17, 15) is 30.0 Å². The van der Waals surface area contributed by atoms with E-state index in [2.05, 4.69) is 0 Å². The minimum Gasteiger partial charge on any atom is -0.475 e. The van der Waals surface area contributed by atoms with Gasteiger partial charge in [0.05, 0.1) is 10.1 Å². The van der Waals surface area contributed by atoms with Crippen LogP contribution in [-0.2, 0) is 24.8 Å². The highest BCUT2D eigenvalue weighted by atomic mass is 35.5. The summed E-state index contributed by atoms with van der Waals surface area (Å²) in [7, 11) is -7.96. The van der Waals surface area contributed by atoms with Gasteiger partial charge in [0.15, 0.2) is 0 Å². The minimum absolute atomic E-state index is 0.151. The molecule has 0 atom stereocenters. The highest BCUT2D eigenvalue weighted by Crippen LogP contribution is 2.25. The van der Waals surface area contributed by atoms with E-state index in [1.54, 1.807) is 4.13 Å². The summed E-state index contributed by atoms with van der Waals surface area (Å²) >= 11 is 5.71. The van der Waals surface area contributed by atoms with Crippen molar-refractivity contribution in [2.45, 2.75) is 42.0 Å². The lowest BCUT2D eigenvalue weighted by Gasteiger charge is -2.12. The number of hydrogen-bond acceptors (Lipinski definition) is 5. The number of carboxylic acids is 1. The summed E-state index contributed by atoms with van der Waals surface area (Å²) < 4.78 is 81.5. The van der Waals surface area contributed by atoms with Gasteiger partial charge in [-0.15, -0.1) is 4.13 Å². The van der Waals surface area contributed by atoms with E-state index in [0.717, 1.165) is 12.8 Å². The maximum Gasteiger partial charge on any atom is 0.490 e. The molecule has 1 aliphatic carbocycles. The van der Waals surface area contributed by atoms with Crippen LogP contribution in [0.15, 0.2) is 29.2 Å². The first kappa shape index (κ1) is 22.7. The molecule has 148 valence electrons. The molecule has 0 saturated heterocycles. The average Bonchev–Trinajstić information content (AvgIpc) is 3.01. The van der Waals surface area contributed by atoms with Gasteiger partial charge < -0.3 is 5.11 Å². The Morgan fingerprint density at radius 1 is 1.15 bits per heavy atom. The monoisotopic (exact) mass is 437 g/mol. The van der Waals surface area contributed by atoms with Crippen LogP contribution >= 0.6 is 11.6 Å². The molecule has 13 heteroatoms. The molecule has 0 bridgehead atoms. The Balaban J connectivity index is 0.000000412. The van der Waals surface area contributed by atoms with Crippen molar-refractivity contribution < 1.29 is 39.9 Å². The Labute approximate surface area is 153 Å². The van der Waals surface area contributed by atoms with Crippen molar-refractivity contribution in [3.63, 3.8) is 0 Å². The molecule has 0 spiro atoms. The molecule has 1 aliphatic rings. The molecule has 0 unspecified atom stereocenters. The number of carbonyl (C=O) groups is 1. The van der Waals surface area contributed by atoms with Crippen molar-refractivity contribution in [1.82, 2.24) is 4.13 Å². The second kappa shape index (κ2) is 8.55. The quantitative estimate of drug-likeness (QED) is 0.747. The van der Waals surface area contributed by atoms with Crippen LogP contribution in [0.4, 0.5) is 13.2 Å². The third-order valence-corrected chi connectivity index (χ3v) is 7.58. The fourth-order valence-electron chi connectivity index (χ4n) is 2.10. The van der Waals surface area contributed by atoms with E-state index in [1.807, 2.05) is 0 Å². The first-order valence-electron chi connectivity index (χ1n) is 7.09. The molecule has 0 aromatic heterocycles. The van der Waals surface area contributed by atoms with Crippen molar-refractivity contribution in [2.75, 3.05) is 0 Å². The number of alkyl halides is 3. The molecule has 1 aromatic carbocycles. The van der Waals surface area contributed by atoms with Crippen LogP contribution in [0.1, 0.15) is 25.7 Å². The highest BCUT2D eigenvalue weighted by Gasteiger charge is 2.38. The van der Waals surface area contributed by atoms with Gasteiger partial charge in [-0.2, -0.15) is 13.2 Å². The van der Waals surface area contributed by atoms with E-state index in [-0.39, 0.29) is 9.92 Å². The largest absolute Gasteiger partial charge is 0.490 e. The fraction of sp³-hybridized carbons (Fsp3) is 0.462. The summed E-state index contributed by atoms with van der Waals surface area (Å²) in [5, 5.41) is 6.74. The molecule has 7 nitrogen and oxygen atoms in total. The van der Waals surface area contributed by atoms with Crippen molar-refractivity contribution in [3.8, 4) is 0 Å². The van der Waals surface area contributed by atoms with Gasteiger partial charge in [-0.05, 0) is 31.0 Å². The van der Waals surface area contributed by atoms with Gasteiger partial charge in [0.25, 0.3) is 10.0 Å².